The summed E-state index contributed by atoms with van der Waals surface area (Å²) in [6.45, 7) is 2.24. The smallest absolute Gasteiger partial charge is 0.0248 e. The second-order valence-corrected chi connectivity index (χ2v) is 2.85. The highest BCUT2D eigenvalue weighted by Gasteiger charge is 2.11. The molecule has 1 N–H and O–H groups in total. The molecular weight excluding hydrogens is 110 g/mol. The predicted octanol–water partition coefficient (Wildman–Crippen LogP) is 1.95. The molecule has 1 fully saturated rings. The summed E-state index contributed by atoms with van der Waals surface area (Å²) in [4.78, 5) is 0. The zero-order valence-corrected chi connectivity index (χ0v) is 6.19. The van der Waals surface area contributed by atoms with Gasteiger partial charge in [0.25, 0.3) is 0 Å². The quantitative estimate of drug-likeness (QED) is 0.596. The highest BCUT2D eigenvalue weighted by Crippen LogP contribution is 2.24. The maximum absolute atomic E-state index is 3.11. The van der Waals surface area contributed by atoms with E-state index in [2.05, 4.69) is 11.9 Å². The lowest BCUT2D eigenvalue weighted by Crippen LogP contribution is -2.14. The molecule has 1 aliphatic carbocycles. The first kappa shape index (κ1) is 7.07. The summed E-state index contributed by atoms with van der Waals surface area (Å²) < 4.78 is 0. The van der Waals surface area contributed by atoms with Gasteiger partial charge in [-0.25, -0.2) is 0 Å². The monoisotopic (exact) mass is 126 g/mol. The minimum absolute atomic E-state index is 0.865. The molecule has 1 aliphatic rings. The van der Waals surface area contributed by atoms with Crippen molar-refractivity contribution in [1.82, 2.24) is 5.32 Å². The standard InChI is InChI=1S/C8H16N/c1-9-7-8-5-3-2-4-6-8/h7-9H,2-6H2,1H3. The summed E-state index contributed by atoms with van der Waals surface area (Å²) in [5, 5.41) is 3.11. The molecule has 9 heavy (non-hydrogen) atoms. The molecule has 1 saturated carbocycles. The fraction of sp³-hybridized carbons (Fsp3) is 0.875. The van der Waals surface area contributed by atoms with Crippen LogP contribution in [0.1, 0.15) is 32.1 Å². The Kier molecular flexibility index (Phi) is 3.05. The first-order valence-corrected chi connectivity index (χ1v) is 3.94. The third-order valence-corrected chi connectivity index (χ3v) is 2.05. The van der Waals surface area contributed by atoms with Crippen LogP contribution in [-0.4, -0.2) is 7.05 Å². The van der Waals surface area contributed by atoms with E-state index in [0.29, 0.717) is 0 Å². The zero-order valence-electron chi connectivity index (χ0n) is 6.19. The van der Waals surface area contributed by atoms with Crippen molar-refractivity contribution in [2.45, 2.75) is 32.1 Å². The predicted molar refractivity (Wildman–Crippen MR) is 39.9 cm³/mol. The molecule has 0 aromatic rings. The lowest BCUT2D eigenvalue weighted by atomic mass is 9.89. The first-order valence-electron chi connectivity index (χ1n) is 3.94. The van der Waals surface area contributed by atoms with E-state index in [-0.39, 0.29) is 0 Å². The number of hydrogen-bond acceptors (Lipinski definition) is 1. The van der Waals surface area contributed by atoms with Crippen molar-refractivity contribution in [2.24, 2.45) is 5.92 Å². The maximum atomic E-state index is 3.11. The fourth-order valence-electron chi connectivity index (χ4n) is 1.54. The summed E-state index contributed by atoms with van der Waals surface area (Å²) in [7, 11) is 1.99. The van der Waals surface area contributed by atoms with Crippen molar-refractivity contribution >= 4 is 0 Å². The Morgan fingerprint density at radius 1 is 1.22 bits per heavy atom. The summed E-state index contributed by atoms with van der Waals surface area (Å²) in [6.07, 6.45) is 7.13. The van der Waals surface area contributed by atoms with Crippen molar-refractivity contribution in [3.8, 4) is 0 Å². The van der Waals surface area contributed by atoms with E-state index in [9.17, 15) is 0 Å². The molecule has 0 amide bonds. The largest absolute Gasteiger partial charge is 0.315 e. The molecular formula is C8H16N. The summed E-state index contributed by atoms with van der Waals surface area (Å²) in [5.41, 5.74) is 0. The summed E-state index contributed by atoms with van der Waals surface area (Å²) in [5.74, 6) is 0.865. The van der Waals surface area contributed by atoms with Gasteiger partial charge in [-0.2, -0.15) is 0 Å². The normalized spacial score (nSPS) is 22.3. The van der Waals surface area contributed by atoms with Gasteiger partial charge in [-0.1, -0.05) is 19.3 Å². The molecule has 0 bridgehead atoms. The number of hydrogen-bond donors (Lipinski definition) is 1. The third kappa shape index (κ3) is 2.35. The number of nitrogens with one attached hydrogen (secondary N) is 1. The van der Waals surface area contributed by atoms with E-state index in [4.69, 9.17) is 0 Å². The van der Waals surface area contributed by atoms with Gasteiger partial charge in [-0.3, -0.25) is 0 Å². The van der Waals surface area contributed by atoms with Gasteiger partial charge in [0.15, 0.2) is 0 Å². The van der Waals surface area contributed by atoms with Crippen LogP contribution >= 0.6 is 0 Å². The van der Waals surface area contributed by atoms with Crippen molar-refractivity contribution in [2.75, 3.05) is 7.05 Å². The molecule has 1 rings (SSSR count). The van der Waals surface area contributed by atoms with Gasteiger partial charge in [0.05, 0.1) is 0 Å². The Labute approximate surface area is 57.8 Å². The van der Waals surface area contributed by atoms with Crippen molar-refractivity contribution in [3.63, 3.8) is 0 Å². The Morgan fingerprint density at radius 3 is 2.44 bits per heavy atom. The van der Waals surface area contributed by atoms with Crippen LogP contribution in [0.5, 0.6) is 0 Å². The molecule has 0 heterocycles. The van der Waals surface area contributed by atoms with Gasteiger partial charge >= 0.3 is 0 Å². The highest BCUT2D eigenvalue weighted by atomic mass is 14.8. The van der Waals surface area contributed by atoms with E-state index in [0.717, 1.165) is 5.92 Å². The van der Waals surface area contributed by atoms with Crippen LogP contribution in [0.4, 0.5) is 0 Å². The van der Waals surface area contributed by atoms with Crippen LogP contribution in [0.15, 0.2) is 0 Å². The van der Waals surface area contributed by atoms with Crippen LogP contribution in [0, 0.1) is 12.5 Å². The van der Waals surface area contributed by atoms with Crippen molar-refractivity contribution in [3.05, 3.63) is 6.54 Å². The van der Waals surface area contributed by atoms with Crippen molar-refractivity contribution < 1.29 is 0 Å². The van der Waals surface area contributed by atoms with Gasteiger partial charge in [-0.05, 0) is 25.8 Å². The average Bonchev–Trinajstić information content (AvgIpc) is 1.91. The minimum Gasteiger partial charge on any atom is -0.315 e. The molecule has 0 saturated heterocycles. The van der Waals surface area contributed by atoms with Crippen LogP contribution in [0.2, 0.25) is 0 Å². The Hall–Kier alpha value is -0.0400. The Balaban J connectivity index is 2.08. The molecule has 0 aromatic heterocycles. The summed E-state index contributed by atoms with van der Waals surface area (Å²) >= 11 is 0. The third-order valence-electron chi connectivity index (χ3n) is 2.05. The molecule has 0 unspecified atom stereocenters. The van der Waals surface area contributed by atoms with Gasteiger partial charge in [0.2, 0.25) is 0 Å². The fourth-order valence-corrected chi connectivity index (χ4v) is 1.54. The second-order valence-electron chi connectivity index (χ2n) is 2.85. The van der Waals surface area contributed by atoms with Crippen LogP contribution in [0.25, 0.3) is 0 Å². The molecule has 0 spiro atoms. The molecule has 0 aromatic carbocycles. The van der Waals surface area contributed by atoms with E-state index < -0.39 is 0 Å². The first-order chi connectivity index (χ1) is 4.43. The van der Waals surface area contributed by atoms with Crippen LogP contribution < -0.4 is 5.32 Å². The zero-order chi connectivity index (χ0) is 6.53. The maximum Gasteiger partial charge on any atom is 0.0248 e. The van der Waals surface area contributed by atoms with E-state index in [1.165, 1.54) is 32.1 Å². The number of rotatable bonds is 2. The van der Waals surface area contributed by atoms with E-state index >= 15 is 0 Å². The van der Waals surface area contributed by atoms with Gasteiger partial charge in [0, 0.05) is 6.54 Å². The van der Waals surface area contributed by atoms with Crippen LogP contribution in [0.3, 0.4) is 0 Å². The van der Waals surface area contributed by atoms with Gasteiger partial charge in [0.1, 0.15) is 0 Å². The molecule has 0 aliphatic heterocycles. The topological polar surface area (TPSA) is 12.0 Å². The van der Waals surface area contributed by atoms with Crippen molar-refractivity contribution in [1.29, 1.82) is 0 Å². The van der Waals surface area contributed by atoms with Gasteiger partial charge < -0.3 is 5.32 Å². The van der Waals surface area contributed by atoms with Crippen LogP contribution in [-0.2, 0) is 0 Å². The molecule has 1 radical (unpaired) electrons. The highest BCUT2D eigenvalue weighted by molar-refractivity contribution is 4.75. The Morgan fingerprint density at radius 2 is 1.89 bits per heavy atom. The SMILES string of the molecule is CN[CH]C1CCCCC1. The molecule has 53 valence electrons. The molecule has 1 nitrogen and oxygen atoms in total. The van der Waals surface area contributed by atoms with Gasteiger partial charge in [-0.15, -0.1) is 0 Å². The lowest BCUT2D eigenvalue weighted by molar-refractivity contribution is 0.386. The molecule has 0 atom stereocenters. The molecule has 1 heteroatoms. The average molecular weight is 126 g/mol. The van der Waals surface area contributed by atoms with E-state index in [1.807, 2.05) is 7.05 Å². The Bertz CT molecular complexity index is 62.2. The lowest BCUT2D eigenvalue weighted by Gasteiger charge is -2.20. The summed E-state index contributed by atoms with van der Waals surface area (Å²) in [6, 6.07) is 0. The minimum atomic E-state index is 0.865. The second kappa shape index (κ2) is 3.89. The van der Waals surface area contributed by atoms with E-state index in [1.54, 1.807) is 0 Å².